The highest BCUT2D eigenvalue weighted by Gasteiger charge is 2.39. The minimum atomic E-state index is -4.53. The Kier molecular flexibility index (Phi) is 5.79. The van der Waals surface area contributed by atoms with Crippen LogP contribution in [0.4, 0.5) is 30.4 Å². The first kappa shape index (κ1) is 23.9. The molecule has 0 saturated carbocycles. The van der Waals surface area contributed by atoms with Crippen LogP contribution < -0.4 is 21.5 Å². The van der Waals surface area contributed by atoms with Crippen molar-refractivity contribution in [3.8, 4) is 6.07 Å². The molecule has 3 N–H and O–H groups in total. The van der Waals surface area contributed by atoms with Gasteiger partial charge in [-0.25, -0.2) is 4.98 Å². The molecule has 1 aromatic carbocycles. The summed E-state index contributed by atoms with van der Waals surface area (Å²) in [7, 11) is 1.61. The molecule has 0 spiro atoms. The number of nitrogen functional groups attached to an aromatic ring is 1. The Morgan fingerprint density at radius 3 is 2.56 bits per heavy atom. The first-order valence-electron chi connectivity index (χ1n) is 11.6. The highest BCUT2D eigenvalue weighted by Crippen LogP contribution is 2.37. The van der Waals surface area contributed by atoms with Crippen molar-refractivity contribution in [2.24, 2.45) is 7.05 Å². The number of hydrogen-bond acceptors (Lipinski definition) is 7. The number of nitrogens with zero attached hydrogens (tertiary/aromatic N) is 4. The van der Waals surface area contributed by atoms with Crippen molar-refractivity contribution in [3.05, 3.63) is 57.5 Å². The molecule has 3 atom stereocenters. The summed E-state index contributed by atoms with van der Waals surface area (Å²) in [4.78, 5) is 19.9. The fourth-order valence-corrected chi connectivity index (χ4v) is 5.27. The fourth-order valence-electron chi connectivity index (χ4n) is 5.27. The summed E-state index contributed by atoms with van der Waals surface area (Å²) < 4.78 is 47.1. The Balaban J connectivity index is 1.62. The number of benzene rings is 1. The maximum absolute atomic E-state index is 13.4. The van der Waals surface area contributed by atoms with Gasteiger partial charge in [-0.15, -0.1) is 0 Å². The first-order chi connectivity index (χ1) is 17.1. The van der Waals surface area contributed by atoms with E-state index in [2.05, 4.69) is 21.3 Å². The summed E-state index contributed by atoms with van der Waals surface area (Å²) in [6.45, 7) is 2.77. The molecule has 2 aliphatic heterocycles. The van der Waals surface area contributed by atoms with E-state index in [-0.39, 0.29) is 28.9 Å². The molecule has 2 aliphatic rings. The zero-order chi connectivity index (χ0) is 25.8. The number of hydrogen-bond donors (Lipinski definition) is 2. The van der Waals surface area contributed by atoms with Gasteiger partial charge in [-0.1, -0.05) is 0 Å². The summed E-state index contributed by atoms with van der Waals surface area (Å²) in [6.07, 6.45) is -1.34. The summed E-state index contributed by atoms with van der Waals surface area (Å²) in [5, 5.41) is 13.4. The van der Waals surface area contributed by atoms with Gasteiger partial charge in [0.1, 0.15) is 17.6 Å². The van der Waals surface area contributed by atoms with E-state index < -0.39 is 17.8 Å². The second-order valence-electron chi connectivity index (χ2n) is 9.37. The SMILES string of the molecule is C[C@@H](Nc1ncc(C#N)c2c1cc(N1C3CCC1COC3)c(=O)n2C)c1cc(N)cc(C(F)(F)F)c1. The summed E-state index contributed by atoms with van der Waals surface area (Å²) in [6, 6.07) is 6.81. The van der Waals surface area contributed by atoms with Crippen molar-refractivity contribution in [1.82, 2.24) is 9.55 Å². The van der Waals surface area contributed by atoms with E-state index >= 15 is 0 Å². The van der Waals surface area contributed by atoms with Crippen LogP contribution in [0.25, 0.3) is 10.9 Å². The third-order valence-corrected chi connectivity index (χ3v) is 7.03. The van der Waals surface area contributed by atoms with Crippen LogP contribution in [0.15, 0.2) is 35.3 Å². The molecule has 5 rings (SSSR count). The Hall–Kier alpha value is -3.78. The molecule has 36 heavy (non-hydrogen) atoms. The van der Waals surface area contributed by atoms with Gasteiger partial charge in [0.25, 0.3) is 5.56 Å². The van der Waals surface area contributed by atoms with E-state index in [1.807, 2.05) is 0 Å². The monoisotopic (exact) mass is 498 g/mol. The van der Waals surface area contributed by atoms with Crippen molar-refractivity contribution in [2.45, 2.75) is 44.1 Å². The average molecular weight is 499 g/mol. The molecule has 188 valence electrons. The van der Waals surface area contributed by atoms with Gasteiger partial charge in [-0.3, -0.25) is 4.79 Å². The van der Waals surface area contributed by atoms with Gasteiger partial charge in [0.2, 0.25) is 0 Å². The quantitative estimate of drug-likeness (QED) is 0.525. The number of ether oxygens (including phenoxy) is 1. The fraction of sp³-hybridized carbons (Fsp3) is 0.400. The van der Waals surface area contributed by atoms with Gasteiger partial charge in [-0.05, 0) is 49.6 Å². The Morgan fingerprint density at radius 2 is 1.92 bits per heavy atom. The summed E-state index contributed by atoms with van der Waals surface area (Å²) in [5.41, 5.74) is 6.14. The predicted octanol–water partition coefficient (Wildman–Crippen LogP) is 3.95. The van der Waals surface area contributed by atoms with Crippen LogP contribution in [0, 0.1) is 11.3 Å². The number of fused-ring (bicyclic) bond motifs is 3. The molecule has 4 heterocycles. The molecule has 11 heteroatoms. The number of morpholine rings is 1. The maximum Gasteiger partial charge on any atom is 0.416 e. The van der Waals surface area contributed by atoms with Gasteiger partial charge in [0, 0.05) is 24.3 Å². The standard InChI is InChI=1S/C25H25F3N6O2/c1-13(14-5-16(25(26,27)28)7-17(30)6-14)32-23-20-8-21(34-18-3-4-19(34)12-36-11-18)24(35)33(2)22(20)15(9-29)10-31-23/h5-8,10,13,18-19H,3-4,11-12,30H2,1-2H3,(H,31,32)/t13-,18?,19?/m1/s1. The lowest BCUT2D eigenvalue weighted by Crippen LogP contribution is -2.48. The second-order valence-corrected chi connectivity index (χ2v) is 9.37. The lowest BCUT2D eigenvalue weighted by atomic mass is 10.0. The minimum absolute atomic E-state index is 0.00130. The molecule has 0 aliphatic carbocycles. The Labute approximate surface area is 205 Å². The number of nitrogens with one attached hydrogen (secondary N) is 1. The van der Waals surface area contributed by atoms with Crippen molar-refractivity contribution < 1.29 is 17.9 Å². The molecular formula is C25H25F3N6O2. The van der Waals surface area contributed by atoms with Gasteiger partial charge >= 0.3 is 6.18 Å². The number of aryl methyl sites for hydroxylation is 1. The molecular weight excluding hydrogens is 473 g/mol. The van der Waals surface area contributed by atoms with Crippen LogP contribution >= 0.6 is 0 Å². The largest absolute Gasteiger partial charge is 0.416 e. The summed E-state index contributed by atoms with van der Waals surface area (Å²) in [5.74, 6) is 0.352. The maximum atomic E-state index is 13.4. The Morgan fingerprint density at radius 1 is 1.22 bits per heavy atom. The minimum Gasteiger partial charge on any atom is -0.399 e. The number of halogens is 3. The first-order valence-corrected chi connectivity index (χ1v) is 11.6. The molecule has 0 amide bonds. The smallest absolute Gasteiger partial charge is 0.399 e. The van der Waals surface area contributed by atoms with Crippen LogP contribution in [0.3, 0.4) is 0 Å². The molecule has 2 unspecified atom stereocenters. The third kappa shape index (κ3) is 4.01. The molecule has 2 fully saturated rings. The average Bonchev–Trinajstić information content (AvgIpc) is 3.07. The number of pyridine rings is 2. The zero-order valence-electron chi connectivity index (χ0n) is 19.8. The molecule has 8 nitrogen and oxygen atoms in total. The normalized spacial score (nSPS) is 20.4. The molecule has 2 saturated heterocycles. The topological polar surface area (TPSA) is 109 Å². The van der Waals surface area contributed by atoms with Gasteiger partial charge in [0.15, 0.2) is 0 Å². The number of nitriles is 1. The van der Waals surface area contributed by atoms with Crippen molar-refractivity contribution in [1.29, 1.82) is 5.26 Å². The van der Waals surface area contributed by atoms with E-state index in [9.17, 15) is 23.2 Å². The van der Waals surface area contributed by atoms with Crippen molar-refractivity contribution >= 4 is 28.1 Å². The number of nitrogens with two attached hydrogens (primary N) is 1. The lowest BCUT2D eigenvalue weighted by Gasteiger charge is -2.36. The van der Waals surface area contributed by atoms with Crippen LogP contribution in [0.5, 0.6) is 0 Å². The van der Waals surface area contributed by atoms with Gasteiger partial charge < -0.3 is 25.3 Å². The van der Waals surface area contributed by atoms with Gasteiger partial charge in [-0.2, -0.15) is 18.4 Å². The van der Waals surface area contributed by atoms with E-state index in [1.54, 1.807) is 20.0 Å². The second kappa shape index (κ2) is 8.71. The Bertz CT molecular complexity index is 1430. The van der Waals surface area contributed by atoms with E-state index in [4.69, 9.17) is 10.5 Å². The number of aromatic nitrogens is 2. The van der Waals surface area contributed by atoms with Crippen LogP contribution in [-0.4, -0.2) is 34.8 Å². The molecule has 3 aromatic rings. The van der Waals surface area contributed by atoms with E-state index in [1.165, 1.54) is 16.8 Å². The third-order valence-electron chi connectivity index (χ3n) is 7.03. The van der Waals surface area contributed by atoms with Crippen molar-refractivity contribution in [3.63, 3.8) is 0 Å². The zero-order valence-corrected chi connectivity index (χ0v) is 19.8. The van der Waals surface area contributed by atoms with Crippen LogP contribution in [-0.2, 0) is 18.0 Å². The number of rotatable bonds is 4. The molecule has 0 radical (unpaired) electrons. The van der Waals surface area contributed by atoms with Gasteiger partial charge in [0.05, 0.1) is 48.0 Å². The van der Waals surface area contributed by atoms with Crippen LogP contribution in [0.2, 0.25) is 0 Å². The number of anilines is 3. The summed E-state index contributed by atoms with van der Waals surface area (Å²) >= 11 is 0. The van der Waals surface area contributed by atoms with Crippen LogP contribution in [0.1, 0.15) is 42.5 Å². The lowest BCUT2D eigenvalue weighted by molar-refractivity contribution is -0.137. The number of alkyl halides is 3. The van der Waals surface area contributed by atoms with Crippen molar-refractivity contribution in [2.75, 3.05) is 29.2 Å². The highest BCUT2D eigenvalue weighted by molar-refractivity contribution is 5.95. The molecule has 2 aromatic heterocycles. The molecule has 2 bridgehead atoms. The predicted molar refractivity (Wildman–Crippen MR) is 130 cm³/mol. The van der Waals surface area contributed by atoms with E-state index in [0.717, 1.165) is 25.0 Å². The van der Waals surface area contributed by atoms with E-state index in [0.29, 0.717) is 41.2 Å². The highest BCUT2D eigenvalue weighted by atomic mass is 19.4.